The molecule has 2 aromatic rings. The number of Topliss-reactive ketones (excluding diaryl/α,β-unsaturated/α-hetero) is 1. The first-order valence-electron chi connectivity index (χ1n) is 6.52. The Labute approximate surface area is 126 Å². The van der Waals surface area contributed by atoms with Crippen molar-refractivity contribution in [2.24, 2.45) is 5.41 Å². The molecular weight excluding hydrogens is 286 g/mol. The smallest absolute Gasteiger partial charge is 0.266 e. The van der Waals surface area contributed by atoms with Gasteiger partial charge in [0.2, 0.25) is 0 Å². The van der Waals surface area contributed by atoms with E-state index in [4.69, 9.17) is 0 Å². The molecule has 0 amide bonds. The number of hydrogen-bond donors (Lipinski definition) is 2. The van der Waals surface area contributed by atoms with Crippen molar-refractivity contribution >= 4 is 29.3 Å². The number of rotatable bonds is 2. The lowest BCUT2D eigenvalue weighted by molar-refractivity contribution is -0.119. The fourth-order valence-electron chi connectivity index (χ4n) is 1.58. The molecule has 2 rings (SSSR count). The maximum absolute atomic E-state index is 11.9. The van der Waals surface area contributed by atoms with E-state index in [1.165, 1.54) is 17.4 Å². The molecular formula is C16H17NO3S. The molecule has 110 valence electrons. The molecule has 0 saturated carbocycles. The maximum Gasteiger partial charge on any atom is 0.266 e. The van der Waals surface area contributed by atoms with Crippen LogP contribution in [0.25, 0.3) is 12.2 Å². The molecule has 0 radical (unpaired) electrons. The van der Waals surface area contributed by atoms with Gasteiger partial charge < -0.3 is 10.1 Å². The Hall–Kier alpha value is -2.14. The number of phenolic OH excluding ortho intramolecular Hbond substituents is 1. The number of H-pyrrole nitrogens is 1. The van der Waals surface area contributed by atoms with Crippen molar-refractivity contribution in [3.05, 3.63) is 49.4 Å². The van der Waals surface area contributed by atoms with Gasteiger partial charge >= 0.3 is 0 Å². The van der Waals surface area contributed by atoms with Crippen LogP contribution in [0, 0.1) is 5.41 Å². The van der Waals surface area contributed by atoms with Crippen molar-refractivity contribution in [1.29, 1.82) is 0 Å². The van der Waals surface area contributed by atoms with Crippen LogP contribution < -0.4 is 14.8 Å². The number of nitrogens with one attached hydrogen (secondary N) is 1. The van der Waals surface area contributed by atoms with Crippen LogP contribution in [0.1, 0.15) is 26.3 Å². The zero-order valence-corrected chi connectivity index (χ0v) is 13.0. The summed E-state index contributed by atoms with van der Waals surface area (Å²) in [5.74, 6) is 0.146. The molecule has 0 bridgehead atoms. The number of phenols is 1. The van der Waals surface area contributed by atoms with Crippen LogP contribution in [0.15, 0.2) is 29.1 Å². The summed E-state index contributed by atoms with van der Waals surface area (Å²) in [6.07, 6.45) is 3.20. The van der Waals surface area contributed by atoms with E-state index in [1.807, 2.05) is 20.8 Å². The van der Waals surface area contributed by atoms with Crippen molar-refractivity contribution in [3.63, 3.8) is 0 Å². The lowest BCUT2D eigenvalue weighted by Gasteiger charge is -2.12. The summed E-state index contributed by atoms with van der Waals surface area (Å²) in [4.78, 5) is 26.5. The molecule has 0 spiro atoms. The van der Waals surface area contributed by atoms with Gasteiger partial charge in [-0.1, -0.05) is 32.9 Å². The van der Waals surface area contributed by atoms with Gasteiger partial charge in [-0.3, -0.25) is 9.59 Å². The molecule has 0 saturated heterocycles. The number of aromatic hydroxyl groups is 1. The van der Waals surface area contributed by atoms with E-state index in [0.29, 0.717) is 9.20 Å². The first-order chi connectivity index (χ1) is 9.75. The first kappa shape index (κ1) is 15.3. The van der Waals surface area contributed by atoms with Gasteiger partial charge in [-0.2, -0.15) is 0 Å². The molecule has 1 heterocycles. The van der Waals surface area contributed by atoms with Gasteiger partial charge in [0.25, 0.3) is 5.56 Å². The fraction of sp³-hybridized carbons (Fsp3) is 0.250. The fourth-order valence-corrected chi connectivity index (χ4v) is 2.47. The number of aromatic amines is 1. The van der Waals surface area contributed by atoms with Crippen LogP contribution in [-0.4, -0.2) is 15.9 Å². The highest BCUT2D eigenvalue weighted by Crippen LogP contribution is 2.14. The van der Waals surface area contributed by atoms with Gasteiger partial charge in [0.05, 0.1) is 9.20 Å². The van der Waals surface area contributed by atoms with E-state index in [-0.39, 0.29) is 17.1 Å². The third-order valence-corrected chi connectivity index (χ3v) is 3.84. The van der Waals surface area contributed by atoms with E-state index < -0.39 is 5.41 Å². The minimum atomic E-state index is -0.471. The molecule has 4 nitrogen and oxygen atoms in total. The van der Waals surface area contributed by atoms with Crippen molar-refractivity contribution in [1.82, 2.24) is 4.98 Å². The topological polar surface area (TPSA) is 70.2 Å². The molecule has 2 N–H and O–H groups in total. The SMILES string of the molecule is CC(C)(C)C(=O)C=c1[nH]c(=O)c(=Cc2ccc(O)cc2)s1. The van der Waals surface area contributed by atoms with E-state index in [9.17, 15) is 14.7 Å². The lowest BCUT2D eigenvalue weighted by Crippen LogP contribution is -2.22. The van der Waals surface area contributed by atoms with Gasteiger partial charge in [-0.25, -0.2) is 0 Å². The standard InChI is InChI=1S/C16H17NO3S/c1-16(2,3)13(19)9-14-17-15(20)12(21-14)8-10-4-6-11(18)7-5-10/h4-9,18H,1-3H3,(H,17,20). The van der Waals surface area contributed by atoms with Gasteiger partial charge in [0, 0.05) is 11.5 Å². The zero-order chi connectivity index (χ0) is 15.6. The largest absolute Gasteiger partial charge is 0.508 e. The molecule has 0 aliphatic heterocycles. The number of aromatic nitrogens is 1. The van der Waals surface area contributed by atoms with E-state index >= 15 is 0 Å². The maximum atomic E-state index is 11.9. The molecule has 0 unspecified atom stereocenters. The van der Waals surface area contributed by atoms with E-state index in [2.05, 4.69) is 4.98 Å². The molecule has 1 aromatic heterocycles. The average Bonchev–Trinajstić information content (AvgIpc) is 2.71. The molecule has 1 aromatic carbocycles. The van der Waals surface area contributed by atoms with Gasteiger partial charge in [0.1, 0.15) is 5.75 Å². The van der Waals surface area contributed by atoms with Gasteiger partial charge in [-0.05, 0) is 23.8 Å². The summed E-state index contributed by atoms with van der Waals surface area (Å²) >= 11 is 1.24. The molecule has 5 heteroatoms. The van der Waals surface area contributed by atoms with Crippen molar-refractivity contribution in [3.8, 4) is 5.75 Å². The molecule has 0 fully saturated rings. The molecule has 0 atom stereocenters. The Morgan fingerprint density at radius 1 is 1.24 bits per heavy atom. The molecule has 0 aliphatic carbocycles. The van der Waals surface area contributed by atoms with Crippen LogP contribution in [0.4, 0.5) is 0 Å². The quantitative estimate of drug-likeness (QED) is 0.880. The predicted molar refractivity (Wildman–Crippen MR) is 84.8 cm³/mol. The predicted octanol–water partition coefficient (Wildman–Crippen LogP) is 1.37. The number of hydrogen-bond acceptors (Lipinski definition) is 4. The summed E-state index contributed by atoms with van der Waals surface area (Å²) in [6.45, 7) is 5.50. The van der Waals surface area contributed by atoms with Crippen molar-refractivity contribution < 1.29 is 9.90 Å². The highest BCUT2D eigenvalue weighted by molar-refractivity contribution is 7.07. The van der Waals surface area contributed by atoms with Gasteiger partial charge in [-0.15, -0.1) is 11.3 Å². The Morgan fingerprint density at radius 3 is 2.43 bits per heavy atom. The van der Waals surface area contributed by atoms with Crippen LogP contribution in [0.2, 0.25) is 0 Å². The lowest BCUT2D eigenvalue weighted by atomic mass is 9.91. The Morgan fingerprint density at radius 2 is 1.86 bits per heavy atom. The summed E-state index contributed by atoms with van der Waals surface area (Å²) in [5.41, 5.74) is 0.122. The van der Waals surface area contributed by atoms with Crippen LogP contribution in [-0.2, 0) is 4.79 Å². The summed E-state index contributed by atoms with van der Waals surface area (Å²) < 4.78 is 1.07. The van der Waals surface area contributed by atoms with Crippen LogP contribution in [0.3, 0.4) is 0 Å². The first-order valence-corrected chi connectivity index (χ1v) is 7.33. The molecule has 21 heavy (non-hydrogen) atoms. The second kappa shape index (κ2) is 5.69. The van der Waals surface area contributed by atoms with Crippen LogP contribution in [0.5, 0.6) is 5.75 Å². The highest BCUT2D eigenvalue weighted by Gasteiger charge is 2.18. The Kier molecular flexibility index (Phi) is 4.14. The second-order valence-electron chi connectivity index (χ2n) is 5.78. The third-order valence-electron chi connectivity index (χ3n) is 2.87. The summed E-state index contributed by atoms with van der Waals surface area (Å²) in [6, 6.07) is 6.56. The van der Waals surface area contributed by atoms with Gasteiger partial charge in [0.15, 0.2) is 5.78 Å². The number of benzene rings is 1. The minimum absolute atomic E-state index is 0.0313. The number of carbonyl (C=O) groups is 1. The Bertz CT molecular complexity index is 820. The Balaban J connectivity index is 2.45. The highest BCUT2D eigenvalue weighted by atomic mass is 32.1. The minimum Gasteiger partial charge on any atom is -0.508 e. The number of ketones is 1. The van der Waals surface area contributed by atoms with E-state index in [1.54, 1.807) is 30.3 Å². The number of thiazole rings is 1. The second-order valence-corrected chi connectivity index (χ2v) is 6.86. The van der Waals surface area contributed by atoms with Crippen molar-refractivity contribution in [2.45, 2.75) is 20.8 Å². The van der Waals surface area contributed by atoms with Crippen LogP contribution >= 0.6 is 11.3 Å². The zero-order valence-electron chi connectivity index (χ0n) is 12.1. The monoisotopic (exact) mass is 303 g/mol. The summed E-state index contributed by atoms with van der Waals surface area (Å²) in [7, 11) is 0. The summed E-state index contributed by atoms with van der Waals surface area (Å²) in [5, 5.41) is 9.24. The average molecular weight is 303 g/mol. The number of carbonyl (C=O) groups excluding carboxylic acids is 1. The van der Waals surface area contributed by atoms with Crippen molar-refractivity contribution in [2.75, 3.05) is 0 Å². The molecule has 0 aliphatic rings. The third kappa shape index (κ3) is 3.92. The normalized spacial score (nSPS) is 13.7. The van der Waals surface area contributed by atoms with E-state index in [0.717, 1.165) is 5.56 Å².